The summed E-state index contributed by atoms with van der Waals surface area (Å²) in [6.07, 6.45) is 4.17. The second kappa shape index (κ2) is 10.3. The van der Waals surface area contributed by atoms with Crippen LogP contribution in [0.1, 0.15) is 66.9 Å². The molecule has 2 unspecified atom stereocenters. The average molecular weight is 472 g/mol. The molecule has 0 N–H and O–H groups in total. The molecule has 3 nitrogen and oxygen atoms in total. The quantitative estimate of drug-likeness (QED) is 0.338. The molecule has 2 fully saturated rings. The first-order valence-electron chi connectivity index (χ1n) is 12.4. The van der Waals surface area contributed by atoms with E-state index in [1.807, 2.05) is 30.0 Å². The van der Waals surface area contributed by atoms with E-state index in [0.717, 1.165) is 42.7 Å². The molecule has 2 bridgehead atoms. The van der Waals surface area contributed by atoms with E-state index < -0.39 is 0 Å². The van der Waals surface area contributed by atoms with Crippen molar-refractivity contribution in [2.75, 3.05) is 0 Å². The molecule has 0 aromatic heterocycles. The van der Waals surface area contributed by atoms with Crippen LogP contribution in [-0.4, -0.2) is 29.0 Å². The SMILES string of the molecule is CC(C)c1ccccc1OC1CC2CCC(C1)N2C(=O)c1ccc(CSc2ccccc2)cc1. The summed E-state index contributed by atoms with van der Waals surface area (Å²) in [4.78, 5) is 16.9. The molecule has 3 aromatic rings. The number of rotatable bonds is 7. The molecular weight excluding hydrogens is 438 g/mol. The van der Waals surface area contributed by atoms with E-state index in [9.17, 15) is 4.79 Å². The standard InChI is InChI=1S/C30H33NO2S/c1-21(2)28-10-6-7-11-29(28)33-26-18-24-16-17-25(19-26)31(24)30(32)23-14-12-22(13-15-23)20-34-27-8-4-3-5-9-27/h3-15,21,24-26H,16-20H2,1-2H3. The van der Waals surface area contributed by atoms with Crippen LogP contribution in [-0.2, 0) is 5.75 Å². The fourth-order valence-corrected chi connectivity index (χ4v) is 6.25. The van der Waals surface area contributed by atoms with Crippen molar-refractivity contribution >= 4 is 17.7 Å². The number of carbonyl (C=O) groups excluding carboxylic acids is 1. The van der Waals surface area contributed by atoms with Gasteiger partial charge in [-0.05, 0) is 60.2 Å². The molecule has 3 aromatic carbocycles. The third-order valence-corrected chi connectivity index (χ3v) is 8.19. The maximum atomic E-state index is 13.4. The van der Waals surface area contributed by atoms with Crippen LogP contribution in [0, 0.1) is 0 Å². The Bertz CT molecular complexity index is 1100. The van der Waals surface area contributed by atoms with Gasteiger partial charge in [0.15, 0.2) is 0 Å². The van der Waals surface area contributed by atoms with Gasteiger partial charge in [0.25, 0.3) is 5.91 Å². The van der Waals surface area contributed by atoms with Gasteiger partial charge in [-0.1, -0.05) is 62.4 Å². The van der Waals surface area contributed by atoms with Crippen LogP contribution >= 0.6 is 11.8 Å². The lowest BCUT2D eigenvalue weighted by Gasteiger charge is -2.39. The van der Waals surface area contributed by atoms with Gasteiger partial charge in [-0.3, -0.25) is 4.79 Å². The first kappa shape index (κ1) is 23.0. The molecule has 0 radical (unpaired) electrons. The molecule has 176 valence electrons. The van der Waals surface area contributed by atoms with Gasteiger partial charge >= 0.3 is 0 Å². The van der Waals surface area contributed by atoms with E-state index in [2.05, 4.69) is 79.4 Å². The Morgan fingerprint density at radius 3 is 2.24 bits per heavy atom. The first-order chi connectivity index (χ1) is 16.6. The van der Waals surface area contributed by atoms with E-state index >= 15 is 0 Å². The van der Waals surface area contributed by atoms with Crippen molar-refractivity contribution in [1.82, 2.24) is 4.90 Å². The van der Waals surface area contributed by atoms with Crippen LogP contribution in [0.25, 0.3) is 0 Å². The number of carbonyl (C=O) groups is 1. The Labute approximate surface area is 207 Å². The highest BCUT2D eigenvalue weighted by Crippen LogP contribution is 2.39. The summed E-state index contributed by atoms with van der Waals surface area (Å²) in [6.45, 7) is 4.41. The maximum Gasteiger partial charge on any atom is 0.254 e. The Balaban J connectivity index is 1.21. The van der Waals surface area contributed by atoms with Crippen molar-refractivity contribution in [1.29, 1.82) is 0 Å². The summed E-state index contributed by atoms with van der Waals surface area (Å²) in [6, 6.07) is 27.6. The number of piperidine rings is 1. The van der Waals surface area contributed by atoms with Crippen molar-refractivity contribution in [3.8, 4) is 5.75 Å². The highest BCUT2D eigenvalue weighted by Gasteiger charge is 2.44. The highest BCUT2D eigenvalue weighted by atomic mass is 32.2. The van der Waals surface area contributed by atoms with Gasteiger partial charge in [-0.15, -0.1) is 11.8 Å². The number of amides is 1. The number of fused-ring (bicyclic) bond motifs is 2. The predicted octanol–water partition coefficient (Wildman–Crippen LogP) is 7.32. The molecule has 2 saturated heterocycles. The molecule has 0 aliphatic carbocycles. The smallest absolute Gasteiger partial charge is 0.254 e. The lowest BCUT2D eigenvalue weighted by Crippen LogP contribution is -2.49. The van der Waals surface area contributed by atoms with Gasteiger partial charge < -0.3 is 9.64 Å². The molecule has 0 spiro atoms. The van der Waals surface area contributed by atoms with Crippen LogP contribution < -0.4 is 4.74 Å². The van der Waals surface area contributed by atoms with Crippen molar-refractivity contribution in [3.63, 3.8) is 0 Å². The summed E-state index contributed by atoms with van der Waals surface area (Å²) < 4.78 is 6.50. The number of hydrogen-bond acceptors (Lipinski definition) is 3. The highest BCUT2D eigenvalue weighted by molar-refractivity contribution is 7.98. The number of hydrogen-bond donors (Lipinski definition) is 0. The molecule has 2 atom stereocenters. The van der Waals surface area contributed by atoms with Crippen LogP contribution in [0.2, 0.25) is 0 Å². The van der Waals surface area contributed by atoms with Crippen molar-refractivity contribution in [2.24, 2.45) is 0 Å². The van der Waals surface area contributed by atoms with Gasteiger partial charge in [0.2, 0.25) is 0 Å². The van der Waals surface area contributed by atoms with E-state index in [1.165, 1.54) is 16.0 Å². The number of para-hydroxylation sites is 1. The van der Waals surface area contributed by atoms with E-state index in [1.54, 1.807) is 0 Å². The molecule has 4 heteroatoms. The molecule has 5 rings (SSSR count). The average Bonchev–Trinajstić information content (AvgIpc) is 3.13. The minimum atomic E-state index is 0.177. The predicted molar refractivity (Wildman–Crippen MR) is 140 cm³/mol. The fourth-order valence-electron chi connectivity index (χ4n) is 5.38. The van der Waals surface area contributed by atoms with Crippen LogP contribution in [0.5, 0.6) is 5.75 Å². The van der Waals surface area contributed by atoms with Crippen molar-refractivity contribution in [3.05, 3.63) is 95.6 Å². The second-order valence-corrected chi connectivity index (χ2v) is 10.8. The first-order valence-corrected chi connectivity index (χ1v) is 13.4. The third kappa shape index (κ3) is 5.02. The summed E-state index contributed by atoms with van der Waals surface area (Å²) in [7, 11) is 0. The minimum absolute atomic E-state index is 0.177. The van der Waals surface area contributed by atoms with E-state index in [4.69, 9.17) is 4.74 Å². The van der Waals surface area contributed by atoms with E-state index in [0.29, 0.717) is 5.92 Å². The van der Waals surface area contributed by atoms with Gasteiger partial charge in [0.05, 0.1) is 0 Å². The fraction of sp³-hybridized carbons (Fsp3) is 0.367. The summed E-state index contributed by atoms with van der Waals surface area (Å²) in [5, 5.41) is 0. The van der Waals surface area contributed by atoms with Crippen LogP contribution in [0.15, 0.2) is 83.8 Å². The number of thioether (sulfide) groups is 1. The lowest BCUT2D eigenvalue weighted by molar-refractivity contribution is 0.0356. The molecule has 0 saturated carbocycles. The summed E-state index contributed by atoms with van der Waals surface area (Å²) >= 11 is 1.82. The Morgan fingerprint density at radius 1 is 0.912 bits per heavy atom. The van der Waals surface area contributed by atoms with Gasteiger partial charge in [-0.2, -0.15) is 0 Å². The lowest BCUT2D eigenvalue weighted by atomic mass is 9.97. The second-order valence-electron chi connectivity index (χ2n) is 9.80. The van der Waals surface area contributed by atoms with Gasteiger partial charge in [-0.25, -0.2) is 0 Å². The summed E-state index contributed by atoms with van der Waals surface area (Å²) in [5.74, 6) is 2.52. The summed E-state index contributed by atoms with van der Waals surface area (Å²) in [5.41, 5.74) is 3.30. The van der Waals surface area contributed by atoms with Crippen molar-refractivity contribution in [2.45, 2.75) is 74.3 Å². The molecule has 34 heavy (non-hydrogen) atoms. The topological polar surface area (TPSA) is 29.5 Å². The Kier molecular flexibility index (Phi) is 6.96. The van der Waals surface area contributed by atoms with Crippen LogP contribution in [0.4, 0.5) is 0 Å². The minimum Gasteiger partial charge on any atom is -0.490 e. The Morgan fingerprint density at radius 2 is 1.56 bits per heavy atom. The molecule has 2 heterocycles. The Hall–Kier alpha value is -2.72. The van der Waals surface area contributed by atoms with E-state index in [-0.39, 0.29) is 24.1 Å². The third-order valence-electron chi connectivity index (χ3n) is 7.11. The number of nitrogens with zero attached hydrogens (tertiary/aromatic N) is 1. The van der Waals surface area contributed by atoms with Gasteiger partial charge in [0.1, 0.15) is 11.9 Å². The zero-order valence-corrected chi connectivity index (χ0v) is 20.8. The normalized spacial score (nSPS) is 21.6. The number of benzene rings is 3. The van der Waals surface area contributed by atoms with Gasteiger partial charge in [0, 0.05) is 41.1 Å². The maximum absolute atomic E-state index is 13.4. The molecular formula is C30H33NO2S. The van der Waals surface area contributed by atoms with Crippen LogP contribution in [0.3, 0.4) is 0 Å². The molecule has 2 aliphatic rings. The zero-order chi connectivity index (χ0) is 23.5. The van der Waals surface area contributed by atoms with Crippen molar-refractivity contribution < 1.29 is 9.53 Å². The monoisotopic (exact) mass is 471 g/mol. The largest absolute Gasteiger partial charge is 0.490 e. The molecule has 2 aliphatic heterocycles. The number of ether oxygens (including phenoxy) is 1. The molecule has 1 amide bonds. The zero-order valence-electron chi connectivity index (χ0n) is 20.0.